The maximum atomic E-state index is 12.4. The average Bonchev–Trinajstić information content (AvgIpc) is 3.39. The monoisotopic (exact) mass is 404 g/mol. The number of hydrogen-bond donors (Lipinski definition) is 1. The number of nitrogens with zero attached hydrogens (tertiary/aromatic N) is 1. The SMILES string of the molecule is CC(C=Cc1ccc2c(c1)OCO2)=NNC(=O)C1CC1c1ccc(C(C)(C)C)cc1. The molecule has 30 heavy (non-hydrogen) atoms. The zero-order chi connectivity index (χ0) is 21.3. The summed E-state index contributed by atoms with van der Waals surface area (Å²) in [6.45, 7) is 8.74. The minimum absolute atomic E-state index is 0.000115. The lowest BCUT2D eigenvalue weighted by molar-refractivity contribution is -0.122. The lowest BCUT2D eigenvalue weighted by atomic mass is 9.86. The summed E-state index contributed by atoms with van der Waals surface area (Å²) in [7, 11) is 0. The van der Waals surface area contributed by atoms with Gasteiger partial charge < -0.3 is 9.47 Å². The van der Waals surface area contributed by atoms with Crippen LogP contribution in [0.15, 0.2) is 53.6 Å². The van der Waals surface area contributed by atoms with Gasteiger partial charge in [0.2, 0.25) is 12.7 Å². The molecule has 0 spiro atoms. The van der Waals surface area contributed by atoms with Gasteiger partial charge in [-0.2, -0.15) is 5.10 Å². The van der Waals surface area contributed by atoms with Gasteiger partial charge in [0.05, 0.1) is 5.71 Å². The highest BCUT2D eigenvalue weighted by molar-refractivity contribution is 5.97. The molecule has 4 rings (SSSR count). The first-order valence-electron chi connectivity index (χ1n) is 10.3. The zero-order valence-corrected chi connectivity index (χ0v) is 17.9. The van der Waals surface area contributed by atoms with Crippen molar-refractivity contribution >= 4 is 17.7 Å². The molecule has 0 radical (unpaired) electrons. The molecule has 1 aliphatic carbocycles. The Morgan fingerprint density at radius 1 is 1.10 bits per heavy atom. The molecule has 1 amide bonds. The number of hydrazone groups is 1. The van der Waals surface area contributed by atoms with Crippen LogP contribution in [0.2, 0.25) is 0 Å². The van der Waals surface area contributed by atoms with E-state index in [2.05, 4.69) is 55.6 Å². The molecule has 2 aliphatic rings. The Labute approximate surface area is 177 Å². The summed E-state index contributed by atoms with van der Waals surface area (Å²) >= 11 is 0. The van der Waals surface area contributed by atoms with Crippen molar-refractivity contribution in [3.8, 4) is 11.5 Å². The number of ether oxygens (including phenoxy) is 2. The highest BCUT2D eigenvalue weighted by Crippen LogP contribution is 2.47. The molecule has 1 heterocycles. The molecule has 0 bridgehead atoms. The molecule has 2 atom stereocenters. The van der Waals surface area contributed by atoms with Gasteiger partial charge in [-0.25, -0.2) is 5.43 Å². The third-order valence-corrected chi connectivity index (χ3v) is 5.59. The number of nitrogens with one attached hydrogen (secondary N) is 1. The fourth-order valence-corrected chi connectivity index (χ4v) is 3.58. The van der Waals surface area contributed by atoms with Crippen molar-refractivity contribution in [3.63, 3.8) is 0 Å². The normalized spacial score (nSPS) is 20.5. The summed E-state index contributed by atoms with van der Waals surface area (Å²) in [6.07, 6.45) is 4.68. The molecule has 2 aromatic carbocycles. The van der Waals surface area contributed by atoms with Gasteiger partial charge in [-0.1, -0.05) is 57.2 Å². The van der Waals surface area contributed by atoms with Gasteiger partial charge >= 0.3 is 0 Å². The van der Waals surface area contributed by atoms with Crippen LogP contribution in [0.25, 0.3) is 6.08 Å². The van der Waals surface area contributed by atoms with E-state index in [1.54, 1.807) is 0 Å². The van der Waals surface area contributed by atoms with E-state index in [1.807, 2.05) is 37.3 Å². The van der Waals surface area contributed by atoms with Gasteiger partial charge in [-0.15, -0.1) is 0 Å². The number of allylic oxidation sites excluding steroid dienone is 1. The van der Waals surface area contributed by atoms with Crippen molar-refractivity contribution in [3.05, 3.63) is 65.2 Å². The van der Waals surface area contributed by atoms with E-state index in [4.69, 9.17) is 9.47 Å². The van der Waals surface area contributed by atoms with Crippen molar-refractivity contribution in [2.45, 2.75) is 45.4 Å². The zero-order valence-electron chi connectivity index (χ0n) is 17.9. The Morgan fingerprint density at radius 2 is 1.83 bits per heavy atom. The van der Waals surface area contributed by atoms with Crippen molar-refractivity contribution in [1.82, 2.24) is 5.43 Å². The number of carbonyl (C=O) groups excluding carboxylic acids is 1. The van der Waals surface area contributed by atoms with E-state index in [0.29, 0.717) is 5.92 Å². The summed E-state index contributed by atoms with van der Waals surface area (Å²) < 4.78 is 10.7. The number of hydrogen-bond acceptors (Lipinski definition) is 4. The molecule has 1 saturated carbocycles. The third-order valence-electron chi connectivity index (χ3n) is 5.59. The molecular formula is C25H28N2O3. The molecule has 0 saturated heterocycles. The second-order valence-electron chi connectivity index (χ2n) is 9.00. The summed E-state index contributed by atoms with van der Waals surface area (Å²) in [5.41, 5.74) is 7.10. The Morgan fingerprint density at radius 3 is 2.57 bits per heavy atom. The summed E-state index contributed by atoms with van der Waals surface area (Å²) in [5.74, 6) is 1.78. The van der Waals surface area contributed by atoms with Crippen LogP contribution in [-0.2, 0) is 10.2 Å². The Bertz CT molecular complexity index is 1000. The Hall–Kier alpha value is -3.08. The van der Waals surface area contributed by atoms with Crippen molar-refractivity contribution in [2.24, 2.45) is 11.0 Å². The fraction of sp³-hybridized carbons (Fsp3) is 0.360. The van der Waals surface area contributed by atoms with E-state index in [0.717, 1.165) is 29.2 Å². The Kier molecular flexibility index (Phi) is 5.37. The maximum Gasteiger partial charge on any atom is 0.243 e. The van der Waals surface area contributed by atoms with Gasteiger partial charge in [0.25, 0.3) is 0 Å². The number of fused-ring (bicyclic) bond motifs is 1. The molecule has 2 unspecified atom stereocenters. The van der Waals surface area contributed by atoms with Gasteiger partial charge in [0.1, 0.15) is 0 Å². The van der Waals surface area contributed by atoms with Gasteiger partial charge in [0.15, 0.2) is 11.5 Å². The van der Waals surface area contributed by atoms with Crippen molar-refractivity contribution in [1.29, 1.82) is 0 Å². The van der Waals surface area contributed by atoms with E-state index in [1.165, 1.54) is 11.1 Å². The minimum Gasteiger partial charge on any atom is -0.454 e. The molecule has 156 valence electrons. The van der Waals surface area contributed by atoms with Crippen LogP contribution < -0.4 is 14.9 Å². The highest BCUT2D eigenvalue weighted by Gasteiger charge is 2.44. The lowest BCUT2D eigenvalue weighted by Gasteiger charge is -2.19. The van der Waals surface area contributed by atoms with Crippen molar-refractivity contribution < 1.29 is 14.3 Å². The lowest BCUT2D eigenvalue weighted by Crippen LogP contribution is -2.21. The second-order valence-corrected chi connectivity index (χ2v) is 9.00. The molecule has 1 aliphatic heterocycles. The smallest absolute Gasteiger partial charge is 0.243 e. The number of carbonyl (C=O) groups is 1. The predicted molar refractivity (Wildman–Crippen MR) is 119 cm³/mol. The van der Waals surface area contributed by atoms with Gasteiger partial charge in [-0.3, -0.25) is 4.79 Å². The van der Waals surface area contributed by atoms with Crippen LogP contribution in [0.5, 0.6) is 11.5 Å². The summed E-state index contributed by atoms with van der Waals surface area (Å²) in [4.78, 5) is 12.4. The first kappa shape index (κ1) is 20.2. The molecule has 5 heteroatoms. The molecule has 1 fully saturated rings. The van der Waals surface area contributed by atoms with Crippen LogP contribution in [0.4, 0.5) is 0 Å². The Balaban J connectivity index is 1.30. The summed E-state index contributed by atoms with van der Waals surface area (Å²) in [5, 5.41) is 4.22. The minimum atomic E-state index is -0.0178. The van der Waals surface area contributed by atoms with Crippen LogP contribution in [-0.4, -0.2) is 18.4 Å². The third kappa shape index (κ3) is 4.56. The first-order chi connectivity index (χ1) is 14.3. The van der Waals surface area contributed by atoms with Crippen LogP contribution in [0.3, 0.4) is 0 Å². The topological polar surface area (TPSA) is 59.9 Å². The van der Waals surface area contributed by atoms with E-state index in [-0.39, 0.29) is 24.0 Å². The molecule has 2 aromatic rings. The molecular weight excluding hydrogens is 376 g/mol. The van der Waals surface area contributed by atoms with Crippen LogP contribution in [0, 0.1) is 5.92 Å². The van der Waals surface area contributed by atoms with Crippen molar-refractivity contribution in [2.75, 3.05) is 6.79 Å². The van der Waals surface area contributed by atoms with Crippen LogP contribution in [0.1, 0.15) is 56.7 Å². The van der Waals surface area contributed by atoms with E-state index < -0.39 is 0 Å². The second kappa shape index (κ2) is 7.98. The van der Waals surface area contributed by atoms with Gasteiger partial charge in [0, 0.05) is 5.92 Å². The standard InChI is InChI=1S/C25H28N2O3/c1-16(5-6-17-7-12-22-23(13-17)30-15-29-22)26-27-24(28)21-14-20(21)18-8-10-19(11-9-18)25(2,3)4/h5-13,20-21H,14-15H2,1-4H3,(H,27,28). The predicted octanol–water partition coefficient (Wildman–Crippen LogP) is 5.02. The van der Waals surface area contributed by atoms with Crippen LogP contribution >= 0.6 is 0 Å². The number of benzene rings is 2. The molecule has 1 N–H and O–H groups in total. The average molecular weight is 405 g/mol. The number of amides is 1. The fourth-order valence-electron chi connectivity index (χ4n) is 3.58. The quantitative estimate of drug-likeness (QED) is 0.562. The van der Waals surface area contributed by atoms with Gasteiger partial charge in [-0.05, 0) is 59.6 Å². The van der Waals surface area contributed by atoms with E-state index in [9.17, 15) is 4.79 Å². The van der Waals surface area contributed by atoms with E-state index >= 15 is 0 Å². The molecule has 0 aromatic heterocycles. The maximum absolute atomic E-state index is 12.4. The first-order valence-corrected chi connectivity index (χ1v) is 10.3. The molecule has 5 nitrogen and oxygen atoms in total. The largest absolute Gasteiger partial charge is 0.454 e. The highest BCUT2D eigenvalue weighted by atomic mass is 16.7. The summed E-state index contributed by atoms with van der Waals surface area (Å²) in [6, 6.07) is 14.4. The number of rotatable bonds is 5.